The van der Waals surface area contributed by atoms with Gasteiger partial charge in [0.05, 0.1) is 10.6 Å². The van der Waals surface area contributed by atoms with Crippen molar-refractivity contribution in [1.29, 1.82) is 0 Å². The van der Waals surface area contributed by atoms with E-state index in [1.54, 1.807) is 18.2 Å². The number of nitro groups is 1. The van der Waals surface area contributed by atoms with Gasteiger partial charge in [-0.2, -0.15) is 0 Å². The number of halogens is 2. The Kier molecular flexibility index (Phi) is 4.51. The number of benzene rings is 2. The van der Waals surface area contributed by atoms with Crippen molar-refractivity contribution in [2.75, 3.05) is 11.9 Å². The van der Waals surface area contributed by atoms with Crippen LogP contribution in [0.25, 0.3) is 0 Å². The van der Waals surface area contributed by atoms with Gasteiger partial charge in [-0.3, -0.25) is 14.9 Å². The van der Waals surface area contributed by atoms with Crippen LogP contribution in [-0.4, -0.2) is 17.9 Å². The van der Waals surface area contributed by atoms with Crippen molar-refractivity contribution in [2.24, 2.45) is 0 Å². The van der Waals surface area contributed by atoms with Crippen LogP contribution in [0.5, 0.6) is 0 Å². The first-order chi connectivity index (χ1) is 9.91. The Morgan fingerprint density at radius 3 is 2.57 bits per heavy atom. The largest absolute Gasteiger partial charge is 0.310 e. The van der Waals surface area contributed by atoms with Gasteiger partial charge in [0.25, 0.3) is 11.6 Å². The Labute approximate surface area is 133 Å². The summed E-state index contributed by atoms with van der Waals surface area (Å²) in [6, 6.07) is 9.92. The number of para-hydroxylation sites is 1. The fraction of sp³-hybridized carbons (Fsp3) is 0.0714. The van der Waals surface area contributed by atoms with Crippen LogP contribution >= 0.6 is 22.6 Å². The number of carbonyl (C=O) groups excluding carboxylic acids is 1. The zero-order chi connectivity index (χ0) is 15.6. The van der Waals surface area contributed by atoms with Crippen molar-refractivity contribution in [3.8, 4) is 0 Å². The van der Waals surface area contributed by atoms with Gasteiger partial charge in [0.1, 0.15) is 11.4 Å². The maximum Gasteiger partial charge on any atom is 0.282 e. The van der Waals surface area contributed by atoms with Gasteiger partial charge < -0.3 is 4.90 Å². The number of hydrogen-bond acceptors (Lipinski definition) is 3. The molecule has 0 fully saturated rings. The summed E-state index contributed by atoms with van der Waals surface area (Å²) in [6.07, 6.45) is 0. The van der Waals surface area contributed by atoms with Gasteiger partial charge in [-0.05, 0) is 46.9 Å². The van der Waals surface area contributed by atoms with Crippen LogP contribution in [0.3, 0.4) is 0 Å². The van der Waals surface area contributed by atoms with E-state index in [-0.39, 0.29) is 5.56 Å². The second kappa shape index (κ2) is 6.17. The first kappa shape index (κ1) is 15.4. The molecule has 2 aromatic carbocycles. The molecule has 0 N–H and O–H groups in total. The highest BCUT2D eigenvalue weighted by Crippen LogP contribution is 2.26. The van der Waals surface area contributed by atoms with Crippen molar-refractivity contribution in [1.82, 2.24) is 0 Å². The van der Waals surface area contributed by atoms with Crippen molar-refractivity contribution in [3.05, 3.63) is 67.5 Å². The molecule has 0 heterocycles. The van der Waals surface area contributed by atoms with Crippen LogP contribution < -0.4 is 4.90 Å². The minimum atomic E-state index is -0.698. The van der Waals surface area contributed by atoms with Gasteiger partial charge in [0.15, 0.2) is 0 Å². The molecule has 0 unspecified atom stereocenters. The van der Waals surface area contributed by atoms with Crippen LogP contribution in [0.1, 0.15) is 10.4 Å². The van der Waals surface area contributed by atoms with E-state index in [1.807, 2.05) is 6.07 Å². The Hall–Kier alpha value is -2.03. The molecule has 0 aliphatic heterocycles. The first-order valence-corrected chi connectivity index (χ1v) is 6.96. The molecule has 0 radical (unpaired) electrons. The fourth-order valence-corrected chi connectivity index (χ4v) is 2.60. The van der Waals surface area contributed by atoms with E-state index in [4.69, 9.17) is 0 Å². The van der Waals surface area contributed by atoms with E-state index in [2.05, 4.69) is 22.6 Å². The van der Waals surface area contributed by atoms with Gasteiger partial charge in [-0.15, -0.1) is 0 Å². The van der Waals surface area contributed by atoms with E-state index in [9.17, 15) is 19.3 Å². The van der Waals surface area contributed by atoms with Crippen molar-refractivity contribution in [2.45, 2.75) is 0 Å². The van der Waals surface area contributed by atoms with E-state index < -0.39 is 22.3 Å². The predicted molar refractivity (Wildman–Crippen MR) is 84.9 cm³/mol. The molecule has 2 aromatic rings. The lowest BCUT2D eigenvalue weighted by atomic mass is 10.1. The van der Waals surface area contributed by atoms with Crippen LogP contribution in [0, 0.1) is 19.5 Å². The van der Waals surface area contributed by atoms with E-state index in [0.717, 1.165) is 21.8 Å². The molecule has 5 nitrogen and oxygen atoms in total. The zero-order valence-electron chi connectivity index (χ0n) is 10.9. The van der Waals surface area contributed by atoms with Crippen molar-refractivity contribution < 1.29 is 14.1 Å². The smallest absolute Gasteiger partial charge is 0.282 e. The van der Waals surface area contributed by atoms with Crippen LogP contribution in [0.4, 0.5) is 15.8 Å². The number of carbonyl (C=O) groups is 1. The molecule has 7 heteroatoms. The van der Waals surface area contributed by atoms with E-state index in [0.29, 0.717) is 5.69 Å². The second-order valence-electron chi connectivity index (χ2n) is 4.23. The van der Waals surface area contributed by atoms with Gasteiger partial charge >= 0.3 is 0 Å². The average Bonchev–Trinajstić information content (AvgIpc) is 2.45. The van der Waals surface area contributed by atoms with Gasteiger partial charge in [-0.1, -0.05) is 12.1 Å². The third-order valence-corrected chi connectivity index (χ3v) is 3.82. The molecule has 0 bridgehead atoms. The van der Waals surface area contributed by atoms with Gasteiger partial charge in [0, 0.05) is 16.7 Å². The summed E-state index contributed by atoms with van der Waals surface area (Å²) in [5, 5.41) is 11.0. The summed E-state index contributed by atoms with van der Waals surface area (Å²) in [5.74, 6) is -1.33. The average molecular weight is 400 g/mol. The Morgan fingerprint density at radius 1 is 1.29 bits per heavy atom. The molecule has 2 rings (SSSR count). The maximum atomic E-state index is 13.3. The number of rotatable bonds is 3. The summed E-state index contributed by atoms with van der Waals surface area (Å²) in [6.45, 7) is 0. The van der Waals surface area contributed by atoms with Gasteiger partial charge in [-0.25, -0.2) is 4.39 Å². The normalized spacial score (nSPS) is 10.2. The van der Waals surface area contributed by atoms with Crippen LogP contribution in [0.2, 0.25) is 0 Å². The molecule has 108 valence electrons. The first-order valence-electron chi connectivity index (χ1n) is 5.88. The zero-order valence-corrected chi connectivity index (χ0v) is 13.1. The molecule has 0 aliphatic carbocycles. The van der Waals surface area contributed by atoms with Crippen molar-refractivity contribution in [3.63, 3.8) is 0 Å². The summed E-state index contributed by atoms with van der Waals surface area (Å²) < 4.78 is 14.1. The molecule has 0 aliphatic rings. The topological polar surface area (TPSA) is 63.5 Å². The second-order valence-corrected chi connectivity index (χ2v) is 5.40. The summed E-state index contributed by atoms with van der Waals surface area (Å²) in [7, 11) is 1.49. The summed E-state index contributed by atoms with van der Waals surface area (Å²) in [4.78, 5) is 24.0. The SMILES string of the molecule is CN(C(=O)c1cc(F)ccc1[N+](=O)[O-])c1ccccc1I. The minimum Gasteiger partial charge on any atom is -0.310 e. The molecule has 0 spiro atoms. The lowest BCUT2D eigenvalue weighted by Crippen LogP contribution is -2.27. The molecule has 21 heavy (non-hydrogen) atoms. The number of nitro benzene ring substituents is 1. The fourth-order valence-electron chi connectivity index (χ4n) is 1.85. The molecular formula is C14H10FIN2O3. The van der Waals surface area contributed by atoms with Crippen molar-refractivity contribution >= 4 is 39.9 Å². The van der Waals surface area contributed by atoms with E-state index in [1.165, 1.54) is 11.9 Å². The highest BCUT2D eigenvalue weighted by Gasteiger charge is 2.25. The number of nitrogens with zero attached hydrogens (tertiary/aromatic N) is 2. The maximum absolute atomic E-state index is 13.3. The molecular weight excluding hydrogens is 390 g/mol. The number of anilines is 1. The predicted octanol–water partition coefficient (Wildman–Crippen LogP) is 3.62. The highest BCUT2D eigenvalue weighted by molar-refractivity contribution is 14.1. The standard InChI is InChI=1S/C14H10FIN2O3/c1-17(13-5-3-2-4-11(13)16)14(19)10-8-9(15)6-7-12(10)18(20)21/h2-8H,1H3. The molecule has 0 saturated heterocycles. The third-order valence-electron chi connectivity index (χ3n) is 2.90. The lowest BCUT2D eigenvalue weighted by molar-refractivity contribution is -0.385. The number of amides is 1. The van der Waals surface area contributed by atoms with Crippen LogP contribution in [-0.2, 0) is 0 Å². The Bertz CT molecular complexity index is 721. The summed E-state index contributed by atoms with van der Waals surface area (Å²) >= 11 is 2.06. The molecule has 1 amide bonds. The number of hydrogen-bond donors (Lipinski definition) is 0. The lowest BCUT2D eigenvalue weighted by Gasteiger charge is -2.18. The Morgan fingerprint density at radius 2 is 1.95 bits per heavy atom. The Balaban J connectivity index is 2.47. The van der Waals surface area contributed by atoms with Gasteiger partial charge in [0.2, 0.25) is 0 Å². The molecule has 0 aromatic heterocycles. The quantitative estimate of drug-likeness (QED) is 0.449. The third kappa shape index (κ3) is 3.18. The highest BCUT2D eigenvalue weighted by atomic mass is 127. The molecule has 0 atom stereocenters. The van der Waals surface area contributed by atoms with E-state index >= 15 is 0 Å². The minimum absolute atomic E-state index is 0.276. The van der Waals surface area contributed by atoms with Crippen LogP contribution in [0.15, 0.2) is 42.5 Å². The summed E-state index contributed by atoms with van der Waals surface area (Å²) in [5.41, 5.74) is -0.0944. The monoisotopic (exact) mass is 400 g/mol. The molecule has 0 saturated carbocycles.